The number of carbonyl (C=O) groups is 2. The minimum Gasteiger partial charge on any atom is -0.467 e. The molecule has 0 bridgehead atoms. The fourth-order valence-electron chi connectivity index (χ4n) is 3.05. The van der Waals surface area contributed by atoms with Gasteiger partial charge in [0.2, 0.25) is 11.8 Å². The Kier molecular flexibility index (Phi) is 3.76. The van der Waals surface area contributed by atoms with Crippen LogP contribution >= 0.6 is 0 Å². The van der Waals surface area contributed by atoms with E-state index in [9.17, 15) is 9.59 Å². The molecule has 3 heterocycles. The van der Waals surface area contributed by atoms with E-state index in [-0.39, 0.29) is 17.7 Å². The molecule has 1 unspecified atom stereocenters. The lowest BCUT2D eigenvalue weighted by molar-refractivity contribution is -0.136. The maximum Gasteiger partial charge on any atom is 0.227 e. The van der Waals surface area contributed by atoms with Crippen LogP contribution in [0.15, 0.2) is 22.8 Å². The Balaban J connectivity index is 1.59. The van der Waals surface area contributed by atoms with Gasteiger partial charge in [-0.15, -0.1) is 0 Å². The van der Waals surface area contributed by atoms with Crippen molar-refractivity contribution in [1.29, 1.82) is 0 Å². The number of furan rings is 1. The number of hydrogen-bond acceptors (Lipinski definition) is 3. The van der Waals surface area contributed by atoms with Gasteiger partial charge in [-0.3, -0.25) is 9.59 Å². The van der Waals surface area contributed by atoms with Gasteiger partial charge in [-0.1, -0.05) is 0 Å². The highest BCUT2D eigenvalue weighted by atomic mass is 16.3. The number of carbonyl (C=O) groups excluding carboxylic acids is 2. The minimum absolute atomic E-state index is 0.0526. The average Bonchev–Trinajstić information content (AvgIpc) is 3.10. The van der Waals surface area contributed by atoms with E-state index < -0.39 is 0 Å². The molecule has 2 amide bonds. The third-order valence-corrected chi connectivity index (χ3v) is 4.16. The second-order valence-electron chi connectivity index (χ2n) is 5.64. The largest absolute Gasteiger partial charge is 0.467 e. The van der Waals surface area contributed by atoms with Crippen LogP contribution in [0.3, 0.4) is 0 Å². The standard InChI is InChI=1S/C15H20N2O3/c18-14-9-12(15(19)16-6-2-1-3-7-16)10-17(14)11-13-5-4-8-20-13/h4-5,8,12H,1-3,6-7,9-11H2. The summed E-state index contributed by atoms with van der Waals surface area (Å²) in [6.07, 6.45) is 5.32. The van der Waals surface area contributed by atoms with Crippen LogP contribution < -0.4 is 0 Å². The zero-order valence-corrected chi connectivity index (χ0v) is 11.6. The zero-order chi connectivity index (χ0) is 13.9. The highest BCUT2D eigenvalue weighted by Crippen LogP contribution is 2.23. The molecule has 2 saturated heterocycles. The van der Waals surface area contributed by atoms with Crippen molar-refractivity contribution in [2.45, 2.75) is 32.2 Å². The van der Waals surface area contributed by atoms with Crippen LogP contribution in [0.5, 0.6) is 0 Å². The molecule has 108 valence electrons. The summed E-state index contributed by atoms with van der Waals surface area (Å²) in [6, 6.07) is 3.67. The lowest BCUT2D eigenvalue weighted by Crippen LogP contribution is -2.40. The van der Waals surface area contributed by atoms with E-state index in [1.165, 1.54) is 6.42 Å². The topological polar surface area (TPSA) is 53.8 Å². The molecule has 2 aliphatic rings. The number of likely N-dealkylation sites (tertiary alicyclic amines) is 2. The summed E-state index contributed by atoms with van der Waals surface area (Å²) in [5.74, 6) is 0.803. The molecular formula is C15H20N2O3. The summed E-state index contributed by atoms with van der Waals surface area (Å²) < 4.78 is 5.27. The maximum absolute atomic E-state index is 12.4. The molecule has 0 radical (unpaired) electrons. The van der Waals surface area contributed by atoms with Gasteiger partial charge < -0.3 is 14.2 Å². The molecule has 2 aliphatic heterocycles. The van der Waals surface area contributed by atoms with E-state index in [0.29, 0.717) is 19.5 Å². The van der Waals surface area contributed by atoms with Gasteiger partial charge in [-0.05, 0) is 31.4 Å². The predicted molar refractivity (Wildman–Crippen MR) is 72.7 cm³/mol. The molecule has 1 aromatic heterocycles. The van der Waals surface area contributed by atoms with Crippen molar-refractivity contribution in [2.75, 3.05) is 19.6 Å². The number of rotatable bonds is 3. The van der Waals surface area contributed by atoms with Gasteiger partial charge >= 0.3 is 0 Å². The highest BCUT2D eigenvalue weighted by Gasteiger charge is 2.36. The summed E-state index contributed by atoms with van der Waals surface area (Å²) in [5.41, 5.74) is 0. The van der Waals surface area contributed by atoms with Crippen molar-refractivity contribution in [3.05, 3.63) is 24.2 Å². The molecular weight excluding hydrogens is 256 g/mol. The Morgan fingerprint density at radius 3 is 2.80 bits per heavy atom. The van der Waals surface area contributed by atoms with E-state index in [2.05, 4.69) is 0 Å². The Bertz CT molecular complexity index is 477. The SMILES string of the molecule is O=C1CC(C(=O)N2CCCCC2)CN1Cc1ccco1. The molecule has 3 rings (SSSR count). The second kappa shape index (κ2) is 5.69. The number of amides is 2. The average molecular weight is 276 g/mol. The van der Waals surface area contributed by atoms with Gasteiger partial charge in [0, 0.05) is 26.1 Å². The zero-order valence-electron chi connectivity index (χ0n) is 11.6. The molecule has 0 aromatic carbocycles. The lowest BCUT2D eigenvalue weighted by atomic mass is 10.0. The summed E-state index contributed by atoms with van der Waals surface area (Å²) in [6.45, 7) is 2.69. The van der Waals surface area contributed by atoms with Crippen LogP contribution in [0.1, 0.15) is 31.4 Å². The molecule has 5 nitrogen and oxygen atoms in total. The third-order valence-electron chi connectivity index (χ3n) is 4.16. The molecule has 20 heavy (non-hydrogen) atoms. The summed E-state index contributed by atoms with van der Waals surface area (Å²) in [5, 5.41) is 0. The highest BCUT2D eigenvalue weighted by molar-refractivity contribution is 5.89. The van der Waals surface area contributed by atoms with Crippen molar-refractivity contribution in [2.24, 2.45) is 5.92 Å². The Hall–Kier alpha value is -1.78. The van der Waals surface area contributed by atoms with Crippen LogP contribution in [0.2, 0.25) is 0 Å². The fourth-order valence-corrected chi connectivity index (χ4v) is 3.05. The summed E-state index contributed by atoms with van der Waals surface area (Å²) in [4.78, 5) is 28.1. The summed E-state index contributed by atoms with van der Waals surface area (Å²) in [7, 11) is 0. The van der Waals surface area contributed by atoms with E-state index in [1.807, 2.05) is 17.0 Å². The summed E-state index contributed by atoms with van der Waals surface area (Å²) >= 11 is 0. The lowest BCUT2D eigenvalue weighted by Gasteiger charge is -2.29. The van der Waals surface area contributed by atoms with Crippen LogP contribution in [0.25, 0.3) is 0 Å². The predicted octanol–water partition coefficient (Wildman–Crippen LogP) is 1.64. The molecule has 0 spiro atoms. The Morgan fingerprint density at radius 2 is 2.10 bits per heavy atom. The first-order valence-electron chi connectivity index (χ1n) is 7.33. The van der Waals surface area contributed by atoms with Gasteiger partial charge in [0.15, 0.2) is 0 Å². The fraction of sp³-hybridized carbons (Fsp3) is 0.600. The molecule has 1 atom stereocenters. The minimum atomic E-state index is -0.171. The van der Waals surface area contributed by atoms with Gasteiger partial charge in [-0.25, -0.2) is 0 Å². The number of nitrogens with zero attached hydrogens (tertiary/aromatic N) is 2. The van der Waals surface area contributed by atoms with E-state index in [4.69, 9.17) is 4.42 Å². The van der Waals surface area contributed by atoms with Gasteiger partial charge in [-0.2, -0.15) is 0 Å². The molecule has 0 aliphatic carbocycles. The molecule has 2 fully saturated rings. The first kappa shape index (κ1) is 13.2. The Morgan fingerprint density at radius 1 is 1.30 bits per heavy atom. The quantitative estimate of drug-likeness (QED) is 0.843. The van der Waals surface area contributed by atoms with Crippen LogP contribution in [0.4, 0.5) is 0 Å². The van der Waals surface area contributed by atoms with Crippen molar-refractivity contribution < 1.29 is 14.0 Å². The third kappa shape index (κ3) is 2.71. The molecule has 0 N–H and O–H groups in total. The van der Waals surface area contributed by atoms with Crippen molar-refractivity contribution in [1.82, 2.24) is 9.80 Å². The first-order valence-corrected chi connectivity index (χ1v) is 7.33. The van der Waals surface area contributed by atoms with Crippen molar-refractivity contribution in [3.63, 3.8) is 0 Å². The van der Waals surface area contributed by atoms with E-state index >= 15 is 0 Å². The van der Waals surface area contributed by atoms with E-state index in [1.54, 1.807) is 11.2 Å². The van der Waals surface area contributed by atoms with Crippen LogP contribution in [-0.4, -0.2) is 41.2 Å². The number of piperidine rings is 1. The first-order chi connectivity index (χ1) is 9.74. The van der Waals surface area contributed by atoms with Crippen LogP contribution in [0, 0.1) is 5.92 Å². The van der Waals surface area contributed by atoms with Crippen molar-refractivity contribution >= 4 is 11.8 Å². The maximum atomic E-state index is 12.4. The Labute approximate surface area is 118 Å². The monoisotopic (exact) mass is 276 g/mol. The molecule has 1 aromatic rings. The molecule has 5 heteroatoms. The van der Waals surface area contributed by atoms with Gasteiger partial charge in [0.25, 0.3) is 0 Å². The smallest absolute Gasteiger partial charge is 0.227 e. The van der Waals surface area contributed by atoms with Crippen LogP contribution in [-0.2, 0) is 16.1 Å². The van der Waals surface area contributed by atoms with Crippen molar-refractivity contribution in [3.8, 4) is 0 Å². The number of hydrogen-bond donors (Lipinski definition) is 0. The molecule has 0 saturated carbocycles. The second-order valence-corrected chi connectivity index (χ2v) is 5.64. The van der Waals surface area contributed by atoms with Gasteiger partial charge in [0.1, 0.15) is 5.76 Å². The van der Waals surface area contributed by atoms with E-state index in [0.717, 1.165) is 31.7 Å². The van der Waals surface area contributed by atoms with Gasteiger partial charge in [0.05, 0.1) is 18.7 Å². The normalized spacial score (nSPS) is 23.4.